The lowest BCUT2D eigenvalue weighted by atomic mass is 10.2. The SMILES string of the molecule is O=C1CNC(=O)N1CCCn1nnc(-c2ccc(Br)cc2)n1. The molecule has 0 bridgehead atoms. The number of rotatable bonds is 5. The number of aryl methyl sites for hydroxylation is 1. The second kappa shape index (κ2) is 6.22. The van der Waals surface area contributed by atoms with Gasteiger partial charge in [-0.25, -0.2) is 4.79 Å². The fourth-order valence-electron chi connectivity index (χ4n) is 2.10. The topological polar surface area (TPSA) is 93.0 Å². The molecule has 1 aromatic carbocycles. The molecule has 2 aromatic rings. The van der Waals surface area contributed by atoms with Gasteiger partial charge in [-0.3, -0.25) is 9.69 Å². The fraction of sp³-hybridized carbons (Fsp3) is 0.308. The maximum absolute atomic E-state index is 11.4. The number of hydrogen-bond acceptors (Lipinski definition) is 5. The van der Waals surface area contributed by atoms with E-state index in [0.717, 1.165) is 10.0 Å². The smallest absolute Gasteiger partial charge is 0.324 e. The molecule has 1 aliphatic heterocycles. The van der Waals surface area contributed by atoms with Crippen LogP contribution in [0.2, 0.25) is 0 Å². The Bertz CT molecular complexity index is 683. The Labute approximate surface area is 134 Å². The van der Waals surface area contributed by atoms with Crippen molar-refractivity contribution < 1.29 is 9.59 Å². The van der Waals surface area contributed by atoms with Crippen molar-refractivity contribution in [3.05, 3.63) is 28.7 Å². The highest BCUT2D eigenvalue weighted by Gasteiger charge is 2.27. The monoisotopic (exact) mass is 364 g/mol. The minimum atomic E-state index is -0.341. The number of nitrogens with zero attached hydrogens (tertiary/aromatic N) is 5. The van der Waals surface area contributed by atoms with E-state index in [1.807, 2.05) is 24.3 Å². The number of hydrogen-bond donors (Lipinski definition) is 1. The number of tetrazole rings is 1. The molecule has 0 atom stereocenters. The predicted molar refractivity (Wildman–Crippen MR) is 80.7 cm³/mol. The number of benzene rings is 1. The van der Waals surface area contributed by atoms with Gasteiger partial charge in [0.05, 0.1) is 13.1 Å². The summed E-state index contributed by atoms with van der Waals surface area (Å²) in [6.07, 6.45) is 0.579. The Morgan fingerprint density at radius 2 is 1.95 bits per heavy atom. The largest absolute Gasteiger partial charge is 0.329 e. The molecule has 0 aliphatic carbocycles. The standard InChI is InChI=1S/C13H13BrN6O2/c14-10-4-2-9(3-5-10)12-16-18-20(17-12)7-1-6-19-11(21)8-15-13(19)22/h2-5H,1,6-8H2,(H,15,22). The first kappa shape index (κ1) is 14.6. The summed E-state index contributed by atoms with van der Waals surface area (Å²) in [4.78, 5) is 25.5. The first-order chi connectivity index (χ1) is 10.6. The van der Waals surface area contributed by atoms with E-state index < -0.39 is 0 Å². The molecule has 22 heavy (non-hydrogen) atoms. The molecule has 3 amide bonds. The molecule has 0 saturated carbocycles. The quantitative estimate of drug-likeness (QED) is 0.800. The zero-order chi connectivity index (χ0) is 15.5. The number of urea groups is 1. The molecule has 8 nitrogen and oxygen atoms in total. The fourth-order valence-corrected chi connectivity index (χ4v) is 2.37. The van der Waals surface area contributed by atoms with Crippen molar-refractivity contribution in [2.24, 2.45) is 0 Å². The molecule has 0 radical (unpaired) electrons. The van der Waals surface area contributed by atoms with Gasteiger partial charge in [-0.2, -0.15) is 4.80 Å². The maximum atomic E-state index is 11.4. The van der Waals surface area contributed by atoms with Crippen molar-refractivity contribution in [3.8, 4) is 11.4 Å². The van der Waals surface area contributed by atoms with Gasteiger partial charge in [-0.15, -0.1) is 10.2 Å². The van der Waals surface area contributed by atoms with E-state index in [-0.39, 0.29) is 18.5 Å². The van der Waals surface area contributed by atoms with Crippen LogP contribution in [0.15, 0.2) is 28.7 Å². The second-order valence-electron chi connectivity index (χ2n) is 4.77. The second-order valence-corrected chi connectivity index (χ2v) is 5.69. The third-order valence-corrected chi connectivity index (χ3v) is 3.76. The summed E-state index contributed by atoms with van der Waals surface area (Å²) < 4.78 is 0.984. The van der Waals surface area contributed by atoms with Crippen LogP contribution in [0.25, 0.3) is 11.4 Å². The van der Waals surface area contributed by atoms with Crippen LogP contribution in [0.3, 0.4) is 0 Å². The molecule has 1 saturated heterocycles. The van der Waals surface area contributed by atoms with E-state index in [1.165, 1.54) is 9.70 Å². The molecule has 1 fully saturated rings. The van der Waals surface area contributed by atoms with Crippen LogP contribution >= 0.6 is 15.9 Å². The number of nitrogens with one attached hydrogen (secondary N) is 1. The van der Waals surface area contributed by atoms with Gasteiger partial charge < -0.3 is 5.32 Å². The molecule has 3 rings (SSSR count). The summed E-state index contributed by atoms with van der Waals surface area (Å²) in [5, 5.41) is 14.7. The third kappa shape index (κ3) is 3.14. The van der Waals surface area contributed by atoms with E-state index in [1.54, 1.807) is 0 Å². The highest BCUT2D eigenvalue weighted by molar-refractivity contribution is 9.10. The Morgan fingerprint density at radius 3 is 2.64 bits per heavy atom. The number of carbonyl (C=O) groups excluding carboxylic acids is 2. The summed E-state index contributed by atoms with van der Waals surface area (Å²) in [5.74, 6) is 0.342. The molecule has 1 aliphatic rings. The zero-order valence-electron chi connectivity index (χ0n) is 11.6. The van der Waals surface area contributed by atoms with E-state index in [9.17, 15) is 9.59 Å². The van der Waals surface area contributed by atoms with Gasteiger partial charge in [0.25, 0.3) is 0 Å². The highest BCUT2D eigenvalue weighted by atomic mass is 79.9. The Morgan fingerprint density at radius 1 is 1.18 bits per heavy atom. The normalized spacial score (nSPS) is 14.5. The van der Waals surface area contributed by atoms with Crippen LogP contribution in [0, 0.1) is 0 Å². The molecule has 2 heterocycles. The summed E-state index contributed by atoms with van der Waals surface area (Å²) in [6.45, 7) is 0.911. The van der Waals surface area contributed by atoms with E-state index in [0.29, 0.717) is 25.3 Å². The average molecular weight is 365 g/mol. The lowest BCUT2D eigenvalue weighted by molar-refractivity contribution is -0.125. The van der Waals surface area contributed by atoms with Crippen LogP contribution in [0.1, 0.15) is 6.42 Å². The van der Waals surface area contributed by atoms with Crippen LogP contribution in [0.5, 0.6) is 0 Å². The first-order valence-electron chi connectivity index (χ1n) is 6.75. The lowest BCUT2D eigenvalue weighted by Gasteiger charge is -2.10. The molecule has 1 N–H and O–H groups in total. The average Bonchev–Trinajstić information content (AvgIpc) is 3.10. The number of halogens is 1. The van der Waals surface area contributed by atoms with Crippen LogP contribution in [-0.4, -0.2) is 50.1 Å². The Balaban J connectivity index is 1.57. The van der Waals surface area contributed by atoms with Gasteiger partial charge in [0, 0.05) is 16.6 Å². The summed E-state index contributed by atoms with van der Waals surface area (Å²) in [7, 11) is 0. The van der Waals surface area contributed by atoms with Crippen molar-refractivity contribution in [2.45, 2.75) is 13.0 Å². The number of imide groups is 1. The molecule has 0 spiro atoms. The zero-order valence-corrected chi connectivity index (χ0v) is 13.2. The van der Waals surface area contributed by atoms with Crippen LogP contribution in [-0.2, 0) is 11.3 Å². The van der Waals surface area contributed by atoms with Crippen molar-refractivity contribution in [1.29, 1.82) is 0 Å². The number of carbonyl (C=O) groups is 2. The molecule has 114 valence electrons. The minimum Gasteiger partial charge on any atom is -0.329 e. The van der Waals surface area contributed by atoms with Crippen molar-refractivity contribution in [2.75, 3.05) is 13.1 Å². The number of amides is 3. The van der Waals surface area contributed by atoms with Gasteiger partial charge in [-0.05, 0) is 35.9 Å². The van der Waals surface area contributed by atoms with E-state index >= 15 is 0 Å². The summed E-state index contributed by atoms with van der Waals surface area (Å²) in [5.41, 5.74) is 0.878. The summed E-state index contributed by atoms with van der Waals surface area (Å²) in [6, 6.07) is 7.28. The van der Waals surface area contributed by atoms with Gasteiger partial charge in [0.2, 0.25) is 11.7 Å². The highest BCUT2D eigenvalue weighted by Crippen LogP contribution is 2.17. The van der Waals surface area contributed by atoms with Gasteiger partial charge >= 0.3 is 6.03 Å². The van der Waals surface area contributed by atoms with E-state index in [4.69, 9.17) is 0 Å². The predicted octanol–water partition coefficient (Wildman–Crippen LogP) is 1.04. The van der Waals surface area contributed by atoms with Gasteiger partial charge in [0.15, 0.2) is 0 Å². The van der Waals surface area contributed by atoms with Crippen LogP contribution in [0.4, 0.5) is 4.79 Å². The van der Waals surface area contributed by atoms with Crippen LogP contribution < -0.4 is 5.32 Å². The third-order valence-electron chi connectivity index (χ3n) is 3.23. The van der Waals surface area contributed by atoms with E-state index in [2.05, 4.69) is 36.7 Å². The Hall–Kier alpha value is -2.29. The molecular weight excluding hydrogens is 352 g/mol. The maximum Gasteiger partial charge on any atom is 0.324 e. The van der Waals surface area contributed by atoms with Crippen molar-refractivity contribution in [1.82, 2.24) is 30.4 Å². The molecule has 9 heteroatoms. The van der Waals surface area contributed by atoms with Crippen molar-refractivity contribution in [3.63, 3.8) is 0 Å². The molecular formula is C13H13BrN6O2. The lowest BCUT2D eigenvalue weighted by Crippen LogP contribution is -2.32. The molecule has 0 unspecified atom stereocenters. The molecule has 1 aromatic heterocycles. The number of aromatic nitrogens is 4. The van der Waals surface area contributed by atoms with Gasteiger partial charge in [-0.1, -0.05) is 15.9 Å². The summed E-state index contributed by atoms with van der Waals surface area (Å²) >= 11 is 3.37. The van der Waals surface area contributed by atoms with Crippen molar-refractivity contribution >= 4 is 27.9 Å². The minimum absolute atomic E-state index is 0.0775. The van der Waals surface area contributed by atoms with Gasteiger partial charge in [0.1, 0.15) is 0 Å². The first-order valence-corrected chi connectivity index (χ1v) is 7.55. The Kier molecular flexibility index (Phi) is 4.14.